The van der Waals surface area contributed by atoms with Crippen LogP contribution in [0.3, 0.4) is 0 Å². The van der Waals surface area contributed by atoms with E-state index in [1.165, 1.54) is 11.6 Å². The minimum Gasteiger partial charge on any atom is -0.504 e. The molecule has 10 heteroatoms. The molecule has 1 aromatic carbocycles. The van der Waals surface area contributed by atoms with Crippen LogP contribution >= 0.6 is 11.3 Å². The van der Waals surface area contributed by atoms with Crippen LogP contribution in [0.2, 0.25) is 0 Å². The SMILES string of the molecule is O=C(O)c1cc(O)c(O)c([N+](=O)[O-])c1C(=O)c1nccs1. The lowest BCUT2D eigenvalue weighted by Crippen LogP contribution is -2.13. The maximum Gasteiger partial charge on any atom is 0.336 e. The second-order valence-electron chi connectivity index (χ2n) is 3.74. The van der Waals surface area contributed by atoms with Gasteiger partial charge >= 0.3 is 11.7 Å². The van der Waals surface area contributed by atoms with Crippen LogP contribution < -0.4 is 0 Å². The highest BCUT2D eigenvalue weighted by Crippen LogP contribution is 2.41. The van der Waals surface area contributed by atoms with Gasteiger partial charge in [0.05, 0.1) is 10.5 Å². The lowest BCUT2D eigenvalue weighted by molar-refractivity contribution is -0.386. The van der Waals surface area contributed by atoms with Crippen LogP contribution in [-0.4, -0.2) is 37.0 Å². The highest BCUT2D eigenvalue weighted by molar-refractivity contribution is 7.11. The number of aromatic hydroxyl groups is 2. The Morgan fingerprint density at radius 1 is 1.33 bits per heavy atom. The third kappa shape index (κ3) is 2.39. The summed E-state index contributed by atoms with van der Waals surface area (Å²) in [6.07, 6.45) is 1.27. The number of carboxylic acids is 1. The molecule has 0 amide bonds. The van der Waals surface area contributed by atoms with E-state index in [1.807, 2.05) is 0 Å². The number of hydrogen-bond acceptors (Lipinski definition) is 8. The van der Waals surface area contributed by atoms with E-state index in [0.29, 0.717) is 6.07 Å². The topological polar surface area (TPSA) is 151 Å². The van der Waals surface area contributed by atoms with Crippen LogP contribution in [0.15, 0.2) is 17.6 Å². The summed E-state index contributed by atoms with van der Waals surface area (Å²) in [5.74, 6) is -4.86. The summed E-state index contributed by atoms with van der Waals surface area (Å²) in [6.45, 7) is 0. The van der Waals surface area contributed by atoms with Crippen LogP contribution in [0, 0.1) is 10.1 Å². The van der Waals surface area contributed by atoms with Gasteiger partial charge in [-0.25, -0.2) is 9.78 Å². The molecule has 0 radical (unpaired) electrons. The molecule has 0 aliphatic heterocycles. The number of phenolic OH excluding ortho intramolecular Hbond substituents is 2. The van der Waals surface area contributed by atoms with Crippen molar-refractivity contribution in [3.63, 3.8) is 0 Å². The fourth-order valence-corrected chi connectivity index (χ4v) is 2.24. The molecule has 0 bridgehead atoms. The van der Waals surface area contributed by atoms with Crippen molar-refractivity contribution in [2.75, 3.05) is 0 Å². The minimum atomic E-state index is -1.66. The molecular formula is C11H6N2O7S. The molecule has 1 heterocycles. The summed E-state index contributed by atoms with van der Waals surface area (Å²) in [5, 5.41) is 40.2. The first-order valence-corrected chi connectivity index (χ1v) is 6.13. The average Bonchev–Trinajstić information content (AvgIpc) is 2.93. The molecule has 0 spiro atoms. The Bertz CT molecular complexity index is 754. The largest absolute Gasteiger partial charge is 0.504 e. The number of rotatable bonds is 4. The van der Waals surface area contributed by atoms with Crippen molar-refractivity contribution in [3.8, 4) is 11.5 Å². The summed E-state index contributed by atoms with van der Waals surface area (Å²) in [4.78, 5) is 36.9. The van der Waals surface area contributed by atoms with Gasteiger partial charge < -0.3 is 15.3 Å². The number of ketones is 1. The Hall–Kier alpha value is -3.01. The third-order valence-electron chi connectivity index (χ3n) is 2.52. The molecule has 0 saturated heterocycles. The third-order valence-corrected chi connectivity index (χ3v) is 3.29. The van der Waals surface area contributed by atoms with Gasteiger partial charge in [0.1, 0.15) is 5.56 Å². The van der Waals surface area contributed by atoms with E-state index in [9.17, 15) is 29.9 Å². The van der Waals surface area contributed by atoms with Gasteiger partial charge in [-0.2, -0.15) is 0 Å². The molecule has 0 saturated carbocycles. The number of hydrogen-bond donors (Lipinski definition) is 3. The number of aromatic nitrogens is 1. The number of thiazole rings is 1. The van der Waals surface area contributed by atoms with E-state index in [2.05, 4.69) is 4.98 Å². The standard InChI is InChI=1S/C11H6N2O7S/c14-5-3-4(11(17)18)6(7(8(5)15)13(19)20)9(16)10-12-1-2-21-10/h1-3,14-15H,(H,17,18). The molecule has 2 aromatic rings. The Balaban J connectivity index is 2.84. The van der Waals surface area contributed by atoms with E-state index in [4.69, 9.17) is 5.11 Å². The molecule has 0 unspecified atom stereocenters. The van der Waals surface area contributed by atoms with Gasteiger partial charge in [0.25, 0.3) is 0 Å². The molecule has 21 heavy (non-hydrogen) atoms. The second-order valence-corrected chi connectivity index (χ2v) is 4.64. The number of carboxylic acid groups (broad SMARTS) is 1. The normalized spacial score (nSPS) is 10.3. The predicted molar refractivity (Wildman–Crippen MR) is 68.9 cm³/mol. The molecule has 0 aliphatic rings. The van der Waals surface area contributed by atoms with E-state index in [-0.39, 0.29) is 5.01 Å². The summed E-state index contributed by atoms with van der Waals surface area (Å²) >= 11 is 0.856. The predicted octanol–water partition coefficient (Wildman–Crippen LogP) is 1.39. The van der Waals surface area contributed by atoms with Crippen LogP contribution in [0.4, 0.5) is 5.69 Å². The summed E-state index contributed by atoms with van der Waals surface area (Å²) < 4.78 is 0. The van der Waals surface area contributed by atoms with Gasteiger partial charge in [0.2, 0.25) is 11.5 Å². The van der Waals surface area contributed by atoms with Crippen molar-refractivity contribution in [2.45, 2.75) is 0 Å². The van der Waals surface area contributed by atoms with E-state index < -0.39 is 45.0 Å². The molecule has 9 nitrogen and oxygen atoms in total. The molecule has 3 N–H and O–H groups in total. The zero-order chi connectivity index (χ0) is 15.7. The van der Waals surface area contributed by atoms with Crippen molar-refractivity contribution in [2.24, 2.45) is 0 Å². The summed E-state index contributed by atoms with van der Waals surface area (Å²) in [6, 6.07) is 0.575. The first kappa shape index (κ1) is 14.4. The number of aromatic carboxylic acids is 1. The van der Waals surface area contributed by atoms with Gasteiger partial charge in [0, 0.05) is 11.6 Å². The smallest absolute Gasteiger partial charge is 0.336 e. The number of nitro benzene ring substituents is 1. The fourth-order valence-electron chi connectivity index (χ4n) is 1.66. The van der Waals surface area contributed by atoms with E-state index in [0.717, 1.165) is 11.3 Å². The molecular weight excluding hydrogens is 304 g/mol. The molecule has 0 atom stereocenters. The maximum absolute atomic E-state index is 12.2. The van der Waals surface area contributed by atoms with Crippen LogP contribution in [0.1, 0.15) is 25.7 Å². The summed E-state index contributed by atoms with van der Waals surface area (Å²) in [7, 11) is 0. The van der Waals surface area contributed by atoms with Gasteiger partial charge in [-0.05, 0) is 6.07 Å². The number of nitrogens with zero attached hydrogens (tertiary/aromatic N) is 2. The Kier molecular flexibility index (Phi) is 3.54. The fraction of sp³-hybridized carbons (Fsp3) is 0. The quantitative estimate of drug-likeness (QED) is 0.331. The molecule has 108 valence electrons. The number of carbonyl (C=O) groups excluding carboxylic acids is 1. The van der Waals surface area contributed by atoms with E-state index >= 15 is 0 Å². The summed E-state index contributed by atoms with van der Waals surface area (Å²) in [5.41, 5.74) is -2.80. The van der Waals surface area contributed by atoms with Gasteiger partial charge in [-0.3, -0.25) is 14.9 Å². The molecule has 0 aliphatic carbocycles. The number of benzene rings is 1. The lowest BCUT2D eigenvalue weighted by Gasteiger charge is -2.07. The van der Waals surface area contributed by atoms with Gasteiger partial charge in [-0.1, -0.05) is 0 Å². The monoisotopic (exact) mass is 310 g/mol. The zero-order valence-corrected chi connectivity index (χ0v) is 10.8. The van der Waals surface area contributed by atoms with Gasteiger partial charge in [-0.15, -0.1) is 11.3 Å². The molecule has 2 rings (SSSR count). The number of phenols is 2. The number of nitro groups is 1. The molecule has 1 aromatic heterocycles. The minimum absolute atomic E-state index is 0.175. The van der Waals surface area contributed by atoms with Crippen LogP contribution in [-0.2, 0) is 0 Å². The lowest BCUT2D eigenvalue weighted by atomic mass is 10.00. The average molecular weight is 310 g/mol. The second kappa shape index (κ2) is 5.17. The van der Waals surface area contributed by atoms with Crippen molar-refractivity contribution < 1.29 is 29.8 Å². The van der Waals surface area contributed by atoms with Crippen molar-refractivity contribution in [3.05, 3.63) is 43.9 Å². The van der Waals surface area contributed by atoms with Crippen LogP contribution in [0.5, 0.6) is 11.5 Å². The van der Waals surface area contributed by atoms with Gasteiger partial charge in [0.15, 0.2) is 10.8 Å². The Morgan fingerprint density at radius 3 is 2.48 bits per heavy atom. The zero-order valence-electron chi connectivity index (χ0n) is 10.0. The van der Waals surface area contributed by atoms with Crippen LogP contribution in [0.25, 0.3) is 0 Å². The maximum atomic E-state index is 12.2. The van der Waals surface area contributed by atoms with E-state index in [1.54, 1.807) is 0 Å². The first-order chi connectivity index (χ1) is 9.84. The Morgan fingerprint density at radius 2 is 2.00 bits per heavy atom. The van der Waals surface area contributed by atoms with Crippen molar-refractivity contribution in [1.82, 2.24) is 4.98 Å². The molecule has 0 fully saturated rings. The van der Waals surface area contributed by atoms with Crippen molar-refractivity contribution in [1.29, 1.82) is 0 Å². The highest BCUT2D eigenvalue weighted by atomic mass is 32.1. The Labute approximate surface area is 119 Å². The van der Waals surface area contributed by atoms with Crippen molar-refractivity contribution >= 4 is 28.8 Å². The first-order valence-electron chi connectivity index (χ1n) is 5.25. The number of carbonyl (C=O) groups is 2. The highest BCUT2D eigenvalue weighted by Gasteiger charge is 2.34.